The lowest BCUT2D eigenvalue weighted by molar-refractivity contribution is 0.584. The highest BCUT2D eigenvalue weighted by Gasteiger charge is 2.18. The fraction of sp³-hybridized carbons (Fsp3) is 0.364. The Morgan fingerprint density at radius 1 is 1.47 bits per heavy atom. The maximum atomic E-state index is 12.0. The third-order valence-corrected chi connectivity index (χ3v) is 5.54. The molecule has 1 aromatic rings. The van der Waals surface area contributed by atoms with Crippen LogP contribution in [-0.2, 0) is 20.8 Å². The zero-order chi connectivity index (χ0) is 14.5. The van der Waals surface area contributed by atoms with E-state index >= 15 is 0 Å². The predicted octanol–water partition coefficient (Wildman–Crippen LogP) is 1.26. The molecule has 1 rings (SSSR count). The van der Waals surface area contributed by atoms with E-state index in [4.69, 9.17) is 16.9 Å². The topological polar surface area (TPSA) is 87.0 Å². The van der Waals surface area contributed by atoms with Gasteiger partial charge in [0, 0.05) is 28.9 Å². The molecule has 0 radical (unpaired) electrons. The first-order chi connectivity index (χ1) is 8.90. The molecule has 1 aromatic carbocycles. The van der Waals surface area contributed by atoms with E-state index in [9.17, 15) is 12.6 Å². The van der Waals surface area contributed by atoms with Gasteiger partial charge in [-0.25, -0.2) is 13.1 Å². The van der Waals surface area contributed by atoms with Crippen LogP contribution in [0.4, 0.5) is 0 Å². The molecule has 0 spiro atoms. The van der Waals surface area contributed by atoms with E-state index in [1.807, 2.05) is 6.07 Å². The summed E-state index contributed by atoms with van der Waals surface area (Å²) >= 11 is 5.82. The van der Waals surface area contributed by atoms with Gasteiger partial charge >= 0.3 is 0 Å². The van der Waals surface area contributed by atoms with Gasteiger partial charge in [0.15, 0.2) is 0 Å². The minimum absolute atomic E-state index is 0.0445. The monoisotopic (exact) mass is 320 g/mol. The van der Waals surface area contributed by atoms with Crippen molar-refractivity contribution in [3.8, 4) is 6.07 Å². The normalized spacial score (nSPS) is 12.9. The Balaban J connectivity index is 2.89. The number of nitrogens with zero attached hydrogens (tertiary/aromatic N) is 1. The molecule has 1 atom stereocenters. The summed E-state index contributed by atoms with van der Waals surface area (Å²) in [6.45, 7) is 1.83. The van der Waals surface area contributed by atoms with Gasteiger partial charge in [-0.05, 0) is 18.2 Å². The summed E-state index contributed by atoms with van der Waals surface area (Å²) in [5.74, 6) is 0.720. The lowest BCUT2D eigenvalue weighted by Gasteiger charge is -2.08. The Bertz CT molecular complexity index is 623. The van der Waals surface area contributed by atoms with Crippen molar-refractivity contribution in [1.82, 2.24) is 4.72 Å². The Kier molecular flexibility index (Phi) is 5.94. The number of hydrogen-bond donors (Lipinski definition) is 1. The SMILES string of the molecule is CCS(=O)CCNS(=O)(=O)c1cc(C#N)ccc1Cl. The average Bonchev–Trinajstić information content (AvgIpc) is 2.38. The van der Waals surface area contributed by atoms with Crippen LogP contribution in [0, 0.1) is 11.3 Å². The standard InChI is InChI=1S/C11H13ClN2O3S2/c1-2-18(15)6-5-14-19(16,17)11-7-9(8-13)3-4-10(11)12/h3-4,7,14H,2,5-6H2,1H3. The molecule has 1 unspecified atom stereocenters. The molecule has 0 saturated carbocycles. The molecule has 0 heterocycles. The van der Waals surface area contributed by atoms with Crippen molar-refractivity contribution in [2.45, 2.75) is 11.8 Å². The molecule has 1 N–H and O–H groups in total. The van der Waals surface area contributed by atoms with Crippen molar-refractivity contribution in [3.05, 3.63) is 28.8 Å². The number of nitrogens with one attached hydrogen (secondary N) is 1. The van der Waals surface area contributed by atoms with Crippen LogP contribution >= 0.6 is 11.6 Å². The van der Waals surface area contributed by atoms with Gasteiger partial charge < -0.3 is 0 Å². The largest absolute Gasteiger partial charge is 0.260 e. The van der Waals surface area contributed by atoms with Gasteiger partial charge in [-0.15, -0.1) is 0 Å². The molecule has 0 aromatic heterocycles. The number of nitriles is 1. The Hall–Kier alpha value is -0.940. The lowest BCUT2D eigenvalue weighted by Crippen LogP contribution is -2.28. The third-order valence-electron chi connectivity index (χ3n) is 2.29. The maximum Gasteiger partial charge on any atom is 0.242 e. The fourth-order valence-electron chi connectivity index (χ4n) is 1.29. The first kappa shape index (κ1) is 16.1. The van der Waals surface area contributed by atoms with E-state index in [0.29, 0.717) is 5.75 Å². The van der Waals surface area contributed by atoms with Crippen LogP contribution < -0.4 is 4.72 Å². The molecule has 19 heavy (non-hydrogen) atoms. The van der Waals surface area contributed by atoms with Gasteiger partial charge in [0.05, 0.1) is 16.7 Å². The number of hydrogen-bond acceptors (Lipinski definition) is 4. The van der Waals surface area contributed by atoms with E-state index < -0.39 is 20.8 Å². The predicted molar refractivity (Wildman–Crippen MR) is 74.9 cm³/mol. The van der Waals surface area contributed by atoms with Crippen LogP contribution in [0.15, 0.2) is 23.1 Å². The van der Waals surface area contributed by atoms with Crippen LogP contribution in [0.5, 0.6) is 0 Å². The van der Waals surface area contributed by atoms with Gasteiger partial charge in [-0.2, -0.15) is 5.26 Å². The highest BCUT2D eigenvalue weighted by Crippen LogP contribution is 2.22. The van der Waals surface area contributed by atoms with E-state index in [1.54, 1.807) is 6.92 Å². The smallest absolute Gasteiger partial charge is 0.242 e. The van der Waals surface area contributed by atoms with E-state index in [1.165, 1.54) is 18.2 Å². The Labute approximate surface area is 120 Å². The second-order valence-corrected chi connectivity index (χ2v) is 7.60. The molecular weight excluding hydrogens is 308 g/mol. The molecule has 0 amide bonds. The number of sulfonamides is 1. The molecule has 0 bridgehead atoms. The van der Waals surface area contributed by atoms with Crippen molar-refractivity contribution >= 4 is 32.4 Å². The summed E-state index contributed by atoms with van der Waals surface area (Å²) < 4.78 is 37.5. The average molecular weight is 321 g/mol. The Morgan fingerprint density at radius 3 is 2.74 bits per heavy atom. The molecule has 8 heteroatoms. The zero-order valence-electron chi connectivity index (χ0n) is 10.2. The minimum atomic E-state index is -3.79. The van der Waals surface area contributed by atoms with Crippen molar-refractivity contribution in [1.29, 1.82) is 5.26 Å². The third kappa shape index (κ3) is 4.58. The van der Waals surface area contributed by atoms with E-state index in [0.717, 1.165) is 0 Å². The van der Waals surface area contributed by atoms with Crippen molar-refractivity contribution < 1.29 is 12.6 Å². The summed E-state index contributed by atoms with van der Waals surface area (Å²) in [6.07, 6.45) is 0. The second-order valence-electron chi connectivity index (χ2n) is 3.59. The number of rotatable bonds is 6. The number of benzene rings is 1. The molecule has 0 aliphatic carbocycles. The second kappa shape index (κ2) is 7.01. The summed E-state index contributed by atoms with van der Waals surface area (Å²) in [5.41, 5.74) is 0.210. The molecular formula is C11H13ClN2O3S2. The zero-order valence-corrected chi connectivity index (χ0v) is 12.6. The van der Waals surface area contributed by atoms with Gasteiger partial charge in [0.1, 0.15) is 4.90 Å². The summed E-state index contributed by atoms with van der Waals surface area (Å²) in [7, 11) is -4.84. The molecule has 5 nitrogen and oxygen atoms in total. The summed E-state index contributed by atoms with van der Waals surface area (Å²) in [5, 5.41) is 8.80. The van der Waals surface area contributed by atoms with E-state index in [2.05, 4.69) is 4.72 Å². The van der Waals surface area contributed by atoms with Crippen molar-refractivity contribution in [2.75, 3.05) is 18.1 Å². The highest BCUT2D eigenvalue weighted by atomic mass is 35.5. The number of halogens is 1. The summed E-state index contributed by atoms with van der Waals surface area (Å²) in [6, 6.07) is 5.86. The van der Waals surface area contributed by atoms with Gasteiger partial charge in [0.25, 0.3) is 0 Å². The van der Waals surface area contributed by atoms with Gasteiger partial charge in [0.2, 0.25) is 10.0 Å². The van der Waals surface area contributed by atoms with Crippen LogP contribution in [-0.4, -0.2) is 30.7 Å². The van der Waals surface area contributed by atoms with Gasteiger partial charge in [-0.3, -0.25) is 4.21 Å². The first-order valence-corrected chi connectivity index (χ1v) is 8.80. The minimum Gasteiger partial charge on any atom is -0.260 e. The van der Waals surface area contributed by atoms with Crippen LogP contribution in [0.2, 0.25) is 5.02 Å². The maximum absolute atomic E-state index is 12.0. The van der Waals surface area contributed by atoms with Gasteiger partial charge in [-0.1, -0.05) is 18.5 Å². The van der Waals surface area contributed by atoms with Crippen molar-refractivity contribution in [3.63, 3.8) is 0 Å². The molecule has 0 saturated heterocycles. The lowest BCUT2D eigenvalue weighted by atomic mass is 10.2. The first-order valence-electron chi connectivity index (χ1n) is 5.45. The van der Waals surface area contributed by atoms with Crippen LogP contribution in [0.1, 0.15) is 12.5 Å². The molecule has 104 valence electrons. The Morgan fingerprint density at radius 2 is 2.16 bits per heavy atom. The fourth-order valence-corrected chi connectivity index (χ4v) is 3.59. The molecule has 0 aliphatic heterocycles. The van der Waals surface area contributed by atoms with Crippen LogP contribution in [0.3, 0.4) is 0 Å². The summed E-state index contributed by atoms with van der Waals surface area (Å²) in [4.78, 5) is -0.143. The molecule has 0 fully saturated rings. The van der Waals surface area contributed by atoms with Crippen molar-refractivity contribution in [2.24, 2.45) is 0 Å². The molecule has 0 aliphatic rings. The van der Waals surface area contributed by atoms with Crippen LogP contribution in [0.25, 0.3) is 0 Å². The quantitative estimate of drug-likeness (QED) is 0.854. The van der Waals surface area contributed by atoms with E-state index in [-0.39, 0.29) is 27.8 Å². The highest BCUT2D eigenvalue weighted by molar-refractivity contribution is 7.89.